The minimum Gasteiger partial charge on any atom is -0.486 e. The predicted molar refractivity (Wildman–Crippen MR) is 116 cm³/mol. The van der Waals surface area contributed by atoms with E-state index in [1.807, 2.05) is 42.5 Å². The number of benzene rings is 3. The van der Waals surface area contributed by atoms with Gasteiger partial charge in [-0.2, -0.15) is 0 Å². The fraction of sp³-hybridized carbons (Fsp3) is 0.0833. The number of carbonyl (C=O) groups is 2. The summed E-state index contributed by atoms with van der Waals surface area (Å²) >= 11 is 0. The zero-order valence-corrected chi connectivity index (χ0v) is 16.3. The van der Waals surface area contributed by atoms with Crippen molar-refractivity contribution in [3.63, 3.8) is 0 Å². The van der Waals surface area contributed by atoms with Gasteiger partial charge >= 0.3 is 0 Å². The molecule has 30 heavy (non-hydrogen) atoms. The summed E-state index contributed by atoms with van der Waals surface area (Å²) in [6.45, 7) is 1.66. The largest absolute Gasteiger partial charge is 0.486 e. The van der Waals surface area contributed by atoms with Crippen molar-refractivity contribution in [2.75, 3.05) is 10.6 Å². The summed E-state index contributed by atoms with van der Waals surface area (Å²) in [5.41, 5.74) is 1.26. The molecule has 4 rings (SSSR count). The molecule has 4 aromatic rings. The first-order chi connectivity index (χ1) is 14.6. The summed E-state index contributed by atoms with van der Waals surface area (Å²) in [4.78, 5) is 23.5. The monoisotopic (exact) mass is 400 g/mol. The number of ether oxygens (including phenoxy) is 1. The van der Waals surface area contributed by atoms with E-state index in [1.54, 1.807) is 36.4 Å². The highest BCUT2D eigenvalue weighted by Gasteiger charge is 2.12. The van der Waals surface area contributed by atoms with E-state index in [-0.39, 0.29) is 24.2 Å². The molecule has 0 aliphatic carbocycles. The van der Waals surface area contributed by atoms with Gasteiger partial charge in [0.1, 0.15) is 18.1 Å². The lowest BCUT2D eigenvalue weighted by atomic mass is 10.1. The second-order valence-corrected chi connectivity index (χ2v) is 6.78. The predicted octanol–water partition coefficient (Wildman–Crippen LogP) is 5.22. The molecule has 2 N–H and O–H groups in total. The molecule has 0 aliphatic rings. The lowest BCUT2D eigenvalue weighted by Crippen LogP contribution is -2.11. The van der Waals surface area contributed by atoms with Gasteiger partial charge in [0.15, 0.2) is 5.76 Å². The molecule has 0 saturated carbocycles. The Balaban J connectivity index is 1.35. The van der Waals surface area contributed by atoms with Crippen LogP contribution in [0.2, 0.25) is 0 Å². The highest BCUT2D eigenvalue weighted by Crippen LogP contribution is 2.22. The molecule has 2 amide bonds. The molecule has 0 aliphatic heterocycles. The van der Waals surface area contributed by atoms with Crippen LogP contribution in [0.3, 0.4) is 0 Å². The molecule has 6 nitrogen and oxygen atoms in total. The molecule has 0 bridgehead atoms. The maximum Gasteiger partial charge on any atom is 0.291 e. The number of amides is 2. The lowest BCUT2D eigenvalue weighted by molar-refractivity contribution is -0.114. The maximum absolute atomic E-state index is 12.4. The minimum absolute atomic E-state index is 0.152. The van der Waals surface area contributed by atoms with Gasteiger partial charge in [-0.15, -0.1) is 0 Å². The molecule has 3 aromatic carbocycles. The van der Waals surface area contributed by atoms with Crippen molar-refractivity contribution >= 4 is 34.0 Å². The molecule has 0 unspecified atom stereocenters. The van der Waals surface area contributed by atoms with Crippen molar-refractivity contribution in [3.05, 3.63) is 90.4 Å². The second kappa shape index (κ2) is 8.53. The molecular weight excluding hydrogens is 380 g/mol. The van der Waals surface area contributed by atoms with Gasteiger partial charge in [-0.1, -0.05) is 30.3 Å². The number of nitrogens with one attached hydrogen (secondary N) is 2. The van der Waals surface area contributed by atoms with Gasteiger partial charge in [-0.25, -0.2) is 0 Å². The van der Waals surface area contributed by atoms with Gasteiger partial charge in [0, 0.05) is 18.3 Å². The Labute approximate surface area is 173 Å². The van der Waals surface area contributed by atoms with E-state index in [1.165, 1.54) is 6.92 Å². The van der Waals surface area contributed by atoms with E-state index in [0.29, 0.717) is 17.1 Å². The molecule has 1 aromatic heterocycles. The Morgan fingerprint density at radius 2 is 1.53 bits per heavy atom. The van der Waals surface area contributed by atoms with E-state index in [2.05, 4.69) is 10.6 Å². The Bertz CT molecular complexity index is 1200. The van der Waals surface area contributed by atoms with Crippen LogP contribution in [0.1, 0.15) is 23.2 Å². The highest BCUT2D eigenvalue weighted by molar-refractivity contribution is 6.02. The topological polar surface area (TPSA) is 80.6 Å². The fourth-order valence-corrected chi connectivity index (χ4v) is 3.02. The quantitative estimate of drug-likeness (QED) is 0.465. The van der Waals surface area contributed by atoms with Crippen LogP contribution in [0.5, 0.6) is 5.75 Å². The summed E-state index contributed by atoms with van der Waals surface area (Å²) in [6.07, 6.45) is 0. The molecule has 0 atom stereocenters. The summed E-state index contributed by atoms with van der Waals surface area (Å²) in [5.74, 6) is 0.961. The Kier molecular flexibility index (Phi) is 5.48. The Hall–Kier alpha value is -4.06. The first kappa shape index (κ1) is 19.3. The van der Waals surface area contributed by atoms with E-state index in [4.69, 9.17) is 9.15 Å². The minimum atomic E-state index is -0.362. The van der Waals surface area contributed by atoms with Gasteiger partial charge in [-0.05, 0) is 59.3 Å². The van der Waals surface area contributed by atoms with Crippen molar-refractivity contribution < 1.29 is 18.7 Å². The van der Waals surface area contributed by atoms with Crippen LogP contribution in [0.15, 0.2) is 83.3 Å². The smallest absolute Gasteiger partial charge is 0.291 e. The number of furan rings is 1. The van der Waals surface area contributed by atoms with Crippen LogP contribution >= 0.6 is 0 Å². The Morgan fingerprint density at radius 3 is 2.27 bits per heavy atom. The van der Waals surface area contributed by atoms with Crippen LogP contribution in [0.25, 0.3) is 10.8 Å². The van der Waals surface area contributed by atoms with Crippen molar-refractivity contribution in [2.45, 2.75) is 13.5 Å². The first-order valence-corrected chi connectivity index (χ1v) is 9.46. The van der Waals surface area contributed by atoms with Crippen molar-refractivity contribution in [3.8, 4) is 5.75 Å². The number of anilines is 2. The molecule has 150 valence electrons. The number of hydrogen-bond acceptors (Lipinski definition) is 4. The average molecular weight is 400 g/mol. The molecule has 6 heteroatoms. The third-order valence-electron chi connectivity index (χ3n) is 4.45. The summed E-state index contributed by atoms with van der Waals surface area (Å²) < 4.78 is 11.4. The highest BCUT2D eigenvalue weighted by atomic mass is 16.5. The van der Waals surface area contributed by atoms with Gasteiger partial charge in [0.2, 0.25) is 5.91 Å². The standard InChI is InChI=1S/C24H20N2O4/c1-16(27)25-19-7-9-20(10-8-19)26-24(28)23-13-12-22(30-23)15-29-21-11-6-17-4-2-3-5-18(17)14-21/h2-14H,15H2,1H3,(H,25,27)(H,26,28). The molecular formula is C24H20N2O4. The van der Waals surface area contributed by atoms with Crippen molar-refractivity contribution in [1.29, 1.82) is 0 Å². The van der Waals surface area contributed by atoms with Gasteiger partial charge < -0.3 is 19.8 Å². The molecule has 1 heterocycles. The van der Waals surface area contributed by atoms with Crippen LogP contribution < -0.4 is 15.4 Å². The van der Waals surface area contributed by atoms with Gasteiger partial charge in [0.05, 0.1) is 0 Å². The fourth-order valence-electron chi connectivity index (χ4n) is 3.02. The molecule has 0 fully saturated rings. The van der Waals surface area contributed by atoms with E-state index < -0.39 is 0 Å². The number of fused-ring (bicyclic) bond motifs is 1. The normalized spacial score (nSPS) is 10.6. The van der Waals surface area contributed by atoms with E-state index in [0.717, 1.165) is 16.5 Å². The lowest BCUT2D eigenvalue weighted by Gasteiger charge is -2.06. The van der Waals surface area contributed by atoms with Crippen LogP contribution in [0, 0.1) is 0 Å². The van der Waals surface area contributed by atoms with E-state index >= 15 is 0 Å². The average Bonchev–Trinajstić information content (AvgIpc) is 3.22. The van der Waals surface area contributed by atoms with Crippen LogP contribution in [-0.2, 0) is 11.4 Å². The number of hydrogen-bond donors (Lipinski definition) is 2. The van der Waals surface area contributed by atoms with Crippen LogP contribution in [0.4, 0.5) is 11.4 Å². The summed E-state index contributed by atoms with van der Waals surface area (Å²) in [6, 6.07) is 24.1. The maximum atomic E-state index is 12.4. The Morgan fingerprint density at radius 1 is 0.833 bits per heavy atom. The molecule has 0 spiro atoms. The molecule has 0 saturated heterocycles. The van der Waals surface area contributed by atoms with Gasteiger partial charge in [-0.3, -0.25) is 9.59 Å². The zero-order chi connectivity index (χ0) is 20.9. The van der Waals surface area contributed by atoms with E-state index in [9.17, 15) is 9.59 Å². The first-order valence-electron chi connectivity index (χ1n) is 9.46. The number of rotatable bonds is 6. The van der Waals surface area contributed by atoms with Crippen molar-refractivity contribution in [2.24, 2.45) is 0 Å². The zero-order valence-electron chi connectivity index (χ0n) is 16.3. The number of carbonyl (C=O) groups excluding carboxylic acids is 2. The van der Waals surface area contributed by atoms with Crippen LogP contribution in [-0.4, -0.2) is 11.8 Å². The molecule has 0 radical (unpaired) electrons. The SMILES string of the molecule is CC(=O)Nc1ccc(NC(=O)c2ccc(COc3ccc4ccccc4c3)o2)cc1. The van der Waals surface area contributed by atoms with Gasteiger partial charge in [0.25, 0.3) is 5.91 Å². The summed E-state index contributed by atoms with van der Waals surface area (Å²) in [7, 11) is 0. The second-order valence-electron chi connectivity index (χ2n) is 6.78. The third kappa shape index (κ3) is 4.67. The third-order valence-corrected chi connectivity index (χ3v) is 4.45. The van der Waals surface area contributed by atoms with Crippen molar-refractivity contribution in [1.82, 2.24) is 0 Å². The summed E-state index contributed by atoms with van der Waals surface area (Å²) in [5, 5.41) is 7.67.